The largest absolute Gasteiger partial charge is 0.423 e. The highest BCUT2D eigenvalue weighted by Gasteiger charge is 2.15. The fourth-order valence-electron chi connectivity index (χ4n) is 1.62. The third-order valence-corrected chi connectivity index (χ3v) is 2.48. The number of Topliss-reactive ketones (excluding diaryl/α,β-unsaturated/α-hetero) is 1. The summed E-state index contributed by atoms with van der Waals surface area (Å²) >= 11 is 0. The van der Waals surface area contributed by atoms with Gasteiger partial charge in [-0.1, -0.05) is 36.4 Å². The maximum Gasteiger partial charge on any atom is 0.344 e. The second-order valence-electron chi connectivity index (χ2n) is 3.80. The SMILES string of the molecule is CC(=O)c1ccccc1C(=O)Oc1ccccc1. The molecule has 0 aliphatic heterocycles. The predicted molar refractivity (Wildman–Crippen MR) is 67.8 cm³/mol. The Morgan fingerprint density at radius 3 is 2.00 bits per heavy atom. The van der Waals surface area contributed by atoms with Gasteiger partial charge in [0.05, 0.1) is 5.56 Å². The van der Waals surface area contributed by atoms with Gasteiger partial charge in [-0.15, -0.1) is 0 Å². The Bertz CT molecular complexity index is 573. The van der Waals surface area contributed by atoms with Gasteiger partial charge in [-0.3, -0.25) is 4.79 Å². The van der Waals surface area contributed by atoms with E-state index in [4.69, 9.17) is 4.74 Å². The quantitative estimate of drug-likeness (QED) is 0.470. The summed E-state index contributed by atoms with van der Waals surface area (Å²) in [4.78, 5) is 23.4. The zero-order valence-corrected chi connectivity index (χ0v) is 9.92. The topological polar surface area (TPSA) is 43.4 Å². The summed E-state index contributed by atoms with van der Waals surface area (Å²) in [5.74, 6) is -0.219. The van der Waals surface area contributed by atoms with Crippen molar-refractivity contribution in [2.45, 2.75) is 6.92 Å². The third-order valence-electron chi connectivity index (χ3n) is 2.48. The van der Waals surface area contributed by atoms with E-state index < -0.39 is 5.97 Å². The molecule has 0 heterocycles. The molecule has 0 spiro atoms. The van der Waals surface area contributed by atoms with Crippen LogP contribution in [0.25, 0.3) is 0 Å². The number of benzene rings is 2. The molecule has 0 radical (unpaired) electrons. The molecule has 2 rings (SSSR count). The molecule has 0 saturated carbocycles. The van der Waals surface area contributed by atoms with Gasteiger partial charge in [0, 0.05) is 5.56 Å². The number of carbonyl (C=O) groups is 2. The van der Waals surface area contributed by atoms with E-state index in [1.54, 1.807) is 48.5 Å². The second kappa shape index (κ2) is 5.27. The highest BCUT2D eigenvalue weighted by atomic mass is 16.5. The molecule has 0 saturated heterocycles. The number of hydrogen-bond donors (Lipinski definition) is 0. The van der Waals surface area contributed by atoms with Crippen LogP contribution in [0.1, 0.15) is 27.6 Å². The molecule has 2 aromatic rings. The van der Waals surface area contributed by atoms with Crippen LogP contribution < -0.4 is 4.74 Å². The predicted octanol–water partition coefficient (Wildman–Crippen LogP) is 3.11. The molecule has 0 N–H and O–H groups in total. The van der Waals surface area contributed by atoms with Crippen LogP contribution in [-0.4, -0.2) is 11.8 Å². The van der Waals surface area contributed by atoms with E-state index in [0.717, 1.165) is 0 Å². The molecule has 0 aromatic heterocycles. The molecule has 0 bridgehead atoms. The van der Waals surface area contributed by atoms with E-state index in [-0.39, 0.29) is 11.3 Å². The maximum absolute atomic E-state index is 12.0. The van der Waals surface area contributed by atoms with Gasteiger partial charge in [0.1, 0.15) is 5.75 Å². The van der Waals surface area contributed by atoms with Crippen LogP contribution in [0, 0.1) is 0 Å². The number of carbonyl (C=O) groups excluding carboxylic acids is 2. The first-order chi connectivity index (χ1) is 8.68. The number of rotatable bonds is 3. The van der Waals surface area contributed by atoms with E-state index in [0.29, 0.717) is 11.3 Å². The molecule has 18 heavy (non-hydrogen) atoms. The van der Waals surface area contributed by atoms with E-state index >= 15 is 0 Å². The molecule has 0 atom stereocenters. The van der Waals surface area contributed by atoms with Crippen molar-refractivity contribution < 1.29 is 14.3 Å². The average molecular weight is 240 g/mol. The van der Waals surface area contributed by atoms with Crippen molar-refractivity contribution in [3.8, 4) is 5.75 Å². The summed E-state index contributed by atoms with van der Waals surface area (Å²) in [6, 6.07) is 15.4. The molecule has 0 aliphatic carbocycles. The lowest BCUT2D eigenvalue weighted by Gasteiger charge is -2.06. The zero-order valence-electron chi connectivity index (χ0n) is 9.92. The van der Waals surface area contributed by atoms with Crippen LogP contribution in [0.15, 0.2) is 54.6 Å². The Hall–Kier alpha value is -2.42. The van der Waals surface area contributed by atoms with Crippen LogP contribution in [0.2, 0.25) is 0 Å². The van der Waals surface area contributed by atoms with Gasteiger partial charge in [-0.25, -0.2) is 4.79 Å². The summed E-state index contributed by atoms with van der Waals surface area (Å²) in [5.41, 5.74) is 0.660. The second-order valence-corrected chi connectivity index (χ2v) is 3.80. The van der Waals surface area contributed by atoms with Gasteiger partial charge in [-0.05, 0) is 25.1 Å². The summed E-state index contributed by atoms with van der Waals surface area (Å²) in [6.45, 7) is 1.43. The third kappa shape index (κ3) is 2.63. The Morgan fingerprint density at radius 1 is 0.833 bits per heavy atom. The number of para-hydroxylation sites is 1. The van der Waals surface area contributed by atoms with Crippen LogP contribution in [0.5, 0.6) is 5.75 Å². The minimum absolute atomic E-state index is 0.157. The first-order valence-corrected chi connectivity index (χ1v) is 5.55. The number of ketones is 1. The molecule has 0 unspecified atom stereocenters. The van der Waals surface area contributed by atoms with Crippen molar-refractivity contribution >= 4 is 11.8 Å². The summed E-state index contributed by atoms with van der Waals surface area (Å²) < 4.78 is 5.20. The summed E-state index contributed by atoms with van der Waals surface area (Å²) in [5, 5.41) is 0. The number of hydrogen-bond acceptors (Lipinski definition) is 3. The van der Waals surface area contributed by atoms with Crippen molar-refractivity contribution in [2.24, 2.45) is 0 Å². The number of ether oxygens (including phenoxy) is 1. The van der Waals surface area contributed by atoms with Crippen LogP contribution in [0.4, 0.5) is 0 Å². The highest BCUT2D eigenvalue weighted by Crippen LogP contribution is 2.15. The van der Waals surface area contributed by atoms with Crippen LogP contribution in [0.3, 0.4) is 0 Å². The fourth-order valence-corrected chi connectivity index (χ4v) is 1.62. The Kier molecular flexibility index (Phi) is 3.53. The lowest BCUT2D eigenvalue weighted by atomic mass is 10.0. The van der Waals surface area contributed by atoms with Gasteiger partial charge in [0.15, 0.2) is 5.78 Å². The standard InChI is InChI=1S/C15H12O3/c1-11(16)13-9-5-6-10-14(13)15(17)18-12-7-3-2-4-8-12/h2-10H,1H3. The lowest BCUT2D eigenvalue weighted by Crippen LogP contribution is -2.12. The first-order valence-electron chi connectivity index (χ1n) is 5.55. The molecule has 0 aliphatic rings. The average Bonchev–Trinajstić information content (AvgIpc) is 2.40. The molecule has 3 heteroatoms. The first kappa shape index (κ1) is 12.0. The van der Waals surface area contributed by atoms with E-state index in [1.165, 1.54) is 6.92 Å². The Morgan fingerprint density at radius 2 is 1.39 bits per heavy atom. The van der Waals surface area contributed by atoms with Crippen molar-refractivity contribution in [1.82, 2.24) is 0 Å². The zero-order chi connectivity index (χ0) is 13.0. The van der Waals surface area contributed by atoms with Gasteiger partial charge < -0.3 is 4.74 Å². The van der Waals surface area contributed by atoms with Crippen molar-refractivity contribution in [1.29, 1.82) is 0 Å². The Labute approximate surface area is 105 Å². The summed E-state index contributed by atoms with van der Waals surface area (Å²) in [6.07, 6.45) is 0. The molecule has 0 amide bonds. The monoisotopic (exact) mass is 240 g/mol. The van der Waals surface area contributed by atoms with Crippen LogP contribution >= 0.6 is 0 Å². The smallest absolute Gasteiger partial charge is 0.344 e. The number of esters is 1. The molecule has 90 valence electrons. The van der Waals surface area contributed by atoms with Gasteiger partial charge in [-0.2, -0.15) is 0 Å². The minimum Gasteiger partial charge on any atom is -0.423 e. The van der Waals surface area contributed by atoms with Crippen molar-refractivity contribution in [3.05, 3.63) is 65.7 Å². The minimum atomic E-state index is -0.521. The van der Waals surface area contributed by atoms with E-state index in [1.807, 2.05) is 6.07 Å². The highest BCUT2D eigenvalue weighted by molar-refractivity contribution is 6.05. The van der Waals surface area contributed by atoms with Crippen molar-refractivity contribution in [2.75, 3.05) is 0 Å². The van der Waals surface area contributed by atoms with Gasteiger partial charge in [0.25, 0.3) is 0 Å². The van der Waals surface area contributed by atoms with Gasteiger partial charge >= 0.3 is 5.97 Å². The molecule has 0 fully saturated rings. The molecular weight excluding hydrogens is 228 g/mol. The lowest BCUT2D eigenvalue weighted by molar-refractivity contribution is 0.0730. The molecule has 3 nitrogen and oxygen atoms in total. The maximum atomic E-state index is 12.0. The van der Waals surface area contributed by atoms with E-state index in [2.05, 4.69) is 0 Å². The molecule has 2 aromatic carbocycles. The van der Waals surface area contributed by atoms with Gasteiger partial charge in [0.2, 0.25) is 0 Å². The van der Waals surface area contributed by atoms with Crippen molar-refractivity contribution in [3.63, 3.8) is 0 Å². The van der Waals surface area contributed by atoms with E-state index in [9.17, 15) is 9.59 Å². The van der Waals surface area contributed by atoms with Crippen LogP contribution in [-0.2, 0) is 0 Å². The molecular formula is C15H12O3. The normalized spacial score (nSPS) is 9.83. The Balaban J connectivity index is 2.27. The fraction of sp³-hybridized carbons (Fsp3) is 0.0667. The summed E-state index contributed by atoms with van der Waals surface area (Å²) in [7, 11) is 0.